The van der Waals surface area contributed by atoms with Crippen LogP contribution in [0.2, 0.25) is 5.15 Å². The van der Waals surface area contributed by atoms with E-state index < -0.39 is 0 Å². The summed E-state index contributed by atoms with van der Waals surface area (Å²) in [5.41, 5.74) is 1.17. The molecule has 4 heteroatoms. The Morgan fingerprint density at radius 1 is 1.53 bits per heavy atom. The molecule has 0 unspecified atom stereocenters. The zero-order chi connectivity index (χ0) is 11.3. The van der Waals surface area contributed by atoms with Gasteiger partial charge < -0.3 is 4.74 Å². The van der Waals surface area contributed by atoms with Crippen molar-refractivity contribution in [1.29, 1.82) is 0 Å². The highest BCUT2D eigenvalue weighted by atomic mass is 35.5. The summed E-state index contributed by atoms with van der Waals surface area (Å²) in [4.78, 5) is 15.5. The number of carbonyl (C=O) groups excluding carboxylic acids is 1. The third-order valence-corrected chi connectivity index (χ3v) is 2.08. The molecule has 0 bridgehead atoms. The summed E-state index contributed by atoms with van der Waals surface area (Å²) in [6.45, 7) is 4.28. The van der Waals surface area contributed by atoms with E-state index in [4.69, 9.17) is 16.3 Å². The first kappa shape index (κ1) is 12.0. The number of aryl methyl sites for hydroxylation is 1. The molecule has 0 saturated carbocycles. The lowest BCUT2D eigenvalue weighted by Gasteiger charge is -2.04. The van der Waals surface area contributed by atoms with Crippen LogP contribution in [-0.4, -0.2) is 17.6 Å². The van der Waals surface area contributed by atoms with E-state index in [1.165, 1.54) is 6.07 Å². The SMILES string of the molecule is CCCCOC(=O)c1cc(C)nc(Cl)c1. The van der Waals surface area contributed by atoms with Gasteiger partial charge in [0.2, 0.25) is 0 Å². The molecule has 0 aliphatic carbocycles. The molecule has 0 saturated heterocycles. The van der Waals surface area contributed by atoms with Gasteiger partial charge in [0.25, 0.3) is 0 Å². The summed E-state index contributed by atoms with van der Waals surface area (Å²) in [7, 11) is 0. The molecule has 0 aliphatic heterocycles. The smallest absolute Gasteiger partial charge is 0.338 e. The molecule has 1 heterocycles. The fourth-order valence-corrected chi connectivity index (χ4v) is 1.39. The van der Waals surface area contributed by atoms with Gasteiger partial charge in [-0.15, -0.1) is 0 Å². The van der Waals surface area contributed by atoms with Crippen LogP contribution in [0.4, 0.5) is 0 Å². The van der Waals surface area contributed by atoms with Crippen LogP contribution in [0.3, 0.4) is 0 Å². The fourth-order valence-electron chi connectivity index (χ4n) is 1.14. The Labute approximate surface area is 94.4 Å². The number of hydrogen-bond donors (Lipinski definition) is 0. The van der Waals surface area contributed by atoms with Crippen molar-refractivity contribution in [2.24, 2.45) is 0 Å². The zero-order valence-corrected chi connectivity index (χ0v) is 9.67. The maximum atomic E-state index is 11.5. The van der Waals surface area contributed by atoms with Crippen molar-refractivity contribution < 1.29 is 9.53 Å². The minimum absolute atomic E-state index is 0.317. The molecule has 0 fully saturated rings. The van der Waals surface area contributed by atoms with Crippen LogP contribution in [-0.2, 0) is 4.74 Å². The van der Waals surface area contributed by atoms with Crippen molar-refractivity contribution in [2.45, 2.75) is 26.7 Å². The summed E-state index contributed by atoms with van der Waals surface area (Å²) in [5, 5.41) is 0.317. The first-order chi connectivity index (χ1) is 7.13. The quantitative estimate of drug-likeness (QED) is 0.451. The number of aromatic nitrogens is 1. The lowest BCUT2D eigenvalue weighted by Crippen LogP contribution is -2.07. The Kier molecular flexibility index (Phi) is 4.56. The van der Waals surface area contributed by atoms with Gasteiger partial charge in [0.05, 0.1) is 12.2 Å². The van der Waals surface area contributed by atoms with Crippen molar-refractivity contribution in [2.75, 3.05) is 6.61 Å². The van der Waals surface area contributed by atoms with Gasteiger partial charge in [-0.05, 0) is 25.5 Å². The van der Waals surface area contributed by atoms with Crippen molar-refractivity contribution >= 4 is 17.6 Å². The molecular weight excluding hydrogens is 214 g/mol. The number of nitrogens with zero attached hydrogens (tertiary/aromatic N) is 1. The average molecular weight is 228 g/mol. The summed E-state index contributed by atoms with van der Waals surface area (Å²) >= 11 is 5.74. The molecule has 0 spiro atoms. The molecule has 0 aliphatic rings. The predicted molar refractivity (Wildman–Crippen MR) is 59.2 cm³/mol. The lowest BCUT2D eigenvalue weighted by molar-refractivity contribution is 0.0499. The molecule has 0 radical (unpaired) electrons. The monoisotopic (exact) mass is 227 g/mol. The number of rotatable bonds is 4. The van der Waals surface area contributed by atoms with Gasteiger partial charge in [0.15, 0.2) is 0 Å². The number of pyridine rings is 1. The van der Waals surface area contributed by atoms with E-state index in [1.54, 1.807) is 13.0 Å². The second kappa shape index (κ2) is 5.71. The van der Waals surface area contributed by atoms with Crippen molar-refractivity contribution in [1.82, 2.24) is 4.98 Å². The topological polar surface area (TPSA) is 39.2 Å². The molecule has 0 atom stereocenters. The highest BCUT2D eigenvalue weighted by Gasteiger charge is 2.08. The number of esters is 1. The van der Waals surface area contributed by atoms with Gasteiger partial charge in [-0.2, -0.15) is 0 Å². The van der Waals surface area contributed by atoms with Gasteiger partial charge in [-0.1, -0.05) is 24.9 Å². The average Bonchev–Trinajstić information content (AvgIpc) is 2.16. The van der Waals surface area contributed by atoms with Gasteiger partial charge in [0, 0.05) is 5.69 Å². The van der Waals surface area contributed by atoms with Crippen LogP contribution in [0.25, 0.3) is 0 Å². The maximum absolute atomic E-state index is 11.5. The maximum Gasteiger partial charge on any atom is 0.338 e. The Balaban J connectivity index is 2.65. The Morgan fingerprint density at radius 2 is 2.27 bits per heavy atom. The van der Waals surface area contributed by atoms with Crippen molar-refractivity contribution in [3.8, 4) is 0 Å². The number of halogens is 1. The standard InChI is InChI=1S/C11H14ClNO2/c1-3-4-5-15-11(14)9-6-8(2)13-10(12)7-9/h6-7H,3-5H2,1-2H3. The number of unbranched alkanes of at least 4 members (excludes halogenated alkanes) is 1. The van der Waals surface area contributed by atoms with E-state index in [0.29, 0.717) is 23.0 Å². The second-order valence-corrected chi connectivity index (χ2v) is 3.70. The molecule has 3 nitrogen and oxygen atoms in total. The molecule has 15 heavy (non-hydrogen) atoms. The molecule has 82 valence electrons. The van der Waals surface area contributed by atoms with E-state index in [-0.39, 0.29) is 5.97 Å². The third kappa shape index (κ3) is 3.88. The third-order valence-electron chi connectivity index (χ3n) is 1.89. The van der Waals surface area contributed by atoms with E-state index in [1.807, 2.05) is 6.92 Å². The van der Waals surface area contributed by atoms with Crippen LogP contribution in [0.5, 0.6) is 0 Å². The first-order valence-corrected chi connectivity index (χ1v) is 5.32. The number of hydrogen-bond acceptors (Lipinski definition) is 3. The molecule has 0 aromatic carbocycles. The molecule has 0 amide bonds. The molecule has 1 aromatic heterocycles. The van der Waals surface area contributed by atoms with Crippen LogP contribution in [0.15, 0.2) is 12.1 Å². The summed E-state index contributed by atoms with van der Waals surface area (Å²) < 4.78 is 5.05. The number of ether oxygens (including phenoxy) is 1. The minimum Gasteiger partial charge on any atom is -0.462 e. The van der Waals surface area contributed by atoms with Crippen LogP contribution >= 0.6 is 11.6 Å². The molecular formula is C11H14ClNO2. The van der Waals surface area contributed by atoms with Crippen LogP contribution in [0.1, 0.15) is 35.8 Å². The zero-order valence-electron chi connectivity index (χ0n) is 8.92. The highest BCUT2D eigenvalue weighted by Crippen LogP contribution is 2.11. The van der Waals surface area contributed by atoms with Crippen molar-refractivity contribution in [3.63, 3.8) is 0 Å². The predicted octanol–water partition coefficient (Wildman–Crippen LogP) is 3.00. The fraction of sp³-hybridized carbons (Fsp3) is 0.455. The molecule has 1 aromatic rings. The summed E-state index contributed by atoms with van der Waals surface area (Å²) in [5.74, 6) is -0.337. The van der Waals surface area contributed by atoms with Gasteiger partial charge in [-0.3, -0.25) is 0 Å². The lowest BCUT2D eigenvalue weighted by atomic mass is 10.2. The normalized spacial score (nSPS) is 10.1. The van der Waals surface area contributed by atoms with Gasteiger partial charge >= 0.3 is 5.97 Å². The Morgan fingerprint density at radius 3 is 2.87 bits per heavy atom. The van der Waals surface area contributed by atoms with E-state index in [9.17, 15) is 4.79 Å². The van der Waals surface area contributed by atoms with E-state index >= 15 is 0 Å². The minimum atomic E-state index is -0.337. The highest BCUT2D eigenvalue weighted by molar-refractivity contribution is 6.29. The largest absolute Gasteiger partial charge is 0.462 e. The number of carbonyl (C=O) groups is 1. The summed E-state index contributed by atoms with van der Waals surface area (Å²) in [6.07, 6.45) is 1.88. The van der Waals surface area contributed by atoms with Crippen LogP contribution in [0, 0.1) is 6.92 Å². The molecule has 0 N–H and O–H groups in total. The van der Waals surface area contributed by atoms with Gasteiger partial charge in [0.1, 0.15) is 5.15 Å². The Hall–Kier alpha value is -1.09. The Bertz CT molecular complexity index is 332. The van der Waals surface area contributed by atoms with Crippen LogP contribution < -0.4 is 0 Å². The second-order valence-electron chi connectivity index (χ2n) is 3.31. The first-order valence-electron chi connectivity index (χ1n) is 4.94. The van der Waals surface area contributed by atoms with Crippen molar-refractivity contribution in [3.05, 3.63) is 28.5 Å². The molecule has 1 rings (SSSR count). The summed E-state index contributed by atoms with van der Waals surface area (Å²) in [6, 6.07) is 3.18. The van der Waals surface area contributed by atoms with Gasteiger partial charge in [-0.25, -0.2) is 9.78 Å². The van der Waals surface area contributed by atoms with E-state index in [2.05, 4.69) is 4.98 Å². The van der Waals surface area contributed by atoms with E-state index in [0.717, 1.165) is 12.8 Å².